The minimum Gasteiger partial charge on any atom is -0.496 e. The third kappa shape index (κ3) is 3.68. The molecule has 2 aromatic rings. The molecule has 0 aromatic heterocycles. The molecule has 5 heteroatoms. The lowest BCUT2D eigenvalue weighted by Crippen LogP contribution is -2.10. The number of carbonyl (C=O) groups is 2. The largest absolute Gasteiger partial charge is 0.496 e. The Balaban J connectivity index is 2.29. The predicted octanol–water partition coefficient (Wildman–Crippen LogP) is 3.01. The van der Waals surface area contributed by atoms with E-state index in [0.717, 1.165) is 0 Å². The van der Waals surface area contributed by atoms with Crippen LogP contribution in [0.25, 0.3) is 0 Å². The van der Waals surface area contributed by atoms with Crippen molar-refractivity contribution in [2.24, 2.45) is 0 Å². The zero-order valence-corrected chi connectivity index (χ0v) is 13.0. The van der Waals surface area contributed by atoms with Crippen molar-refractivity contribution in [3.05, 3.63) is 65.2 Å². The van der Waals surface area contributed by atoms with Crippen LogP contribution >= 0.6 is 12.6 Å². The molecule has 4 nitrogen and oxygen atoms in total. The normalized spacial score (nSPS) is 10.1. The van der Waals surface area contributed by atoms with Crippen LogP contribution in [0.3, 0.4) is 0 Å². The molecule has 0 aliphatic heterocycles. The molecule has 0 radical (unpaired) electrons. The van der Waals surface area contributed by atoms with Gasteiger partial charge in [0.1, 0.15) is 17.9 Å². The quantitative estimate of drug-likeness (QED) is 0.506. The third-order valence-electron chi connectivity index (χ3n) is 3.04. The standard InChI is InChI=1S/C17H16O4S/c1-20-15-11-13(16(18)12-5-3-2-4-6-12)7-8-14(15)17(19)21-9-10-22/h2-8,11,22H,9-10H2,1H3. The van der Waals surface area contributed by atoms with Gasteiger partial charge in [0, 0.05) is 16.9 Å². The monoisotopic (exact) mass is 316 g/mol. The lowest BCUT2D eigenvalue weighted by molar-refractivity contribution is 0.0526. The smallest absolute Gasteiger partial charge is 0.341 e. The summed E-state index contributed by atoms with van der Waals surface area (Å²) in [5, 5.41) is 0. The van der Waals surface area contributed by atoms with Gasteiger partial charge < -0.3 is 9.47 Å². The fourth-order valence-electron chi connectivity index (χ4n) is 1.97. The van der Waals surface area contributed by atoms with E-state index in [1.807, 2.05) is 6.07 Å². The van der Waals surface area contributed by atoms with Gasteiger partial charge in [0.2, 0.25) is 0 Å². The van der Waals surface area contributed by atoms with Crippen molar-refractivity contribution in [1.29, 1.82) is 0 Å². The SMILES string of the molecule is COc1cc(C(=O)c2ccccc2)ccc1C(=O)OCCS. The van der Waals surface area contributed by atoms with E-state index >= 15 is 0 Å². The molecule has 0 amide bonds. The predicted molar refractivity (Wildman–Crippen MR) is 87.0 cm³/mol. The van der Waals surface area contributed by atoms with Gasteiger partial charge in [-0.15, -0.1) is 0 Å². The Labute approximate surface area is 134 Å². The molecule has 0 aliphatic rings. The minimum atomic E-state index is -0.496. The second-order valence-corrected chi connectivity index (χ2v) is 4.92. The first-order valence-corrected chi connectivity index (χ1v) is 7.36. The highest BCUT2D eigenvalue weighted by Crippen LogP contribution is 2.23. The van der Waals surface area contributed by atoms with E-state index in [0.29, 0.717) is 22.6 Å². The average Bonchev–Trinajstić information content (AvgIpc) is 2.59. The number of hydrogen-bond donors (Lipinski definition) is 1. The number of thiol groups is 1. The highest BCUT2D eigenvalue weighted by Gasteiger charge is 2.17. The molecule has 0 aliphatic carbocycles. The van der Waals surface area contributed by atoms with Crippen LogP contribution in [0.1, 0.15) is 26.3 Å². The first-order chi connectivity index (χ1) is 10.7. The van der Waals surface area contributed by atoms with E-state index in [1.165, 1.54) is 13.2 Å². The number of esters is 1. The fourth-order valence-corrected chi connectivity index (χ4v) is 2.06. The van der Waals surface area contributed by atoms with E-state index < -0.39 is 5.97 Å². The van der Waals surface area contributed by atoms with Crippen molar-refractivity contribution >= 4 is 24.4 Å². The molecule has 0 unspecified atom stereocenters. The highest BCUT2D eigenvalue weighted by molar-refractivity contribution is 7.80. The summed E-state index contributed by atoms with van der Waals surface area (Å²) in [6, 6.07) is 13.6. The van der Waals surface area contributed by atoms with E-state index in [9.17, 15) is 9.59 Å². The number of ether oxygens (including phenoxy) is 2. The molecule has 0 saturated carbocycles. The maximum Gasteiger partial charge on any atom is 0.341 e. The van der Waals surface area contributed by atoms with Crippen LogP contribution in [0.4, 0.5) is 0 Å². The molecular formula is C17H16O4S. The van der Waals surface area contributed by atoms with Gasteiger partial charge in [0.25, 0.3) is 0 Å². The summed E-state index contributed by atoms with van der Waals surface area (Å²) >= 11 is 3.99. The first-order valence-electron chi connectivity index (χ1n) is 6.73. The molecule has 22 heavy (non-hydrogen) atoms. The Morgan fingerprint density at radius 1 is 1.05 bits per heavy atom. The molecule has 0 bridgehead atoms. The zero-order chi connectivity index (χ0) is 15.9. The fraction of sp³-hybridized carbons (Fsp3) is 0.176. The van der Waals surface area contributed by atoms with Gasteiger partial charge in [-0.1, -0.05) is 30.3 Å². The molecule has 114 valence electrons. The van der Waals surface area contributed by atoms with E-state index in [1.54, 1.807) is 36.4 Å². The summed E-state index contributed by atoms with van der Waals surface area (Å²) in [5.41, 5.74) is 1.32. The molecule has 2 rings (SSSR count). The van der Waals surface area contributed by atoms with Crippen LogP contribution in [0.15, 0.2) is 48.5 Å². The van der Waals surface area contributed by atoms with Crippen molar-refractivity contribution in [3.8, 4) is 5.75 Å². The summed E-state index contributed by atoms with van der Waals surface area (Å²) in [5.74, 6) is 0.128. The Bertz CT molecular complexity index is 668. The molecule has 2 aromatic carbocycles. The minimum absolute atomic E-state index is 0.130. The summed E-state index contributed by atoms with van der Waals surface area (Å²) in [6.45, 7) is 0.218. The molecule has 0 spiro atoms. The summed E-state index contributed by atoms with van der Waals surface area (Å²) in [7, 11) is 1.45. The Kier molecular flexibility index (Phi) is 5.61. The summed E-state index contributed by atoms with van der Waals surface area (Å²) < 4.78 is 10.2. The number of carbonyl (C=O) groups excluding carboxylic acids is 2. The number of benzene rings is 2. The maximum absolute atomic E-state index is 12.4. The molecule has 0 atom stereocenters. The number of rotatable bonds is 6. The number of ketones is 1. The van der Waals surface area contributed by atoms with Crippen LogP contribution < -0.4 is 4.74 Å². The van der Waals surface area contributed by atoms with Crippen molar-refractivity contribution < 1.29 is 19.1 Å². The summed E-state index contributed by atoms with van der Waals surface area (Å²) in [6.07, 6.45) is 0. The van der Waals surface area contributed by atoms with E-state index in [2.05, 4.69) is 12.6 Å². The van der Waals surface area contributed by atoms with Gasteiger partial charge in [0.15, 0.2) is 5.78 Å². The molecular weight excluding hydrogens is 300 g/mol. The lowest BCUT2D eigenvalue weighted by Gasteiger charge is -2.10. The average molecular weight is 316 g/mol. The van der Waals surface area contributed by atoms with Crippen LogP contribution in [-0.4, -0.2) is 31.2 Å². The molecule has 0 N–H and O–H groups in total. The molecule has 0 saturated heterocycles. The summed E-state index contributed by atoms with van der Waals surface area (Å²) in [4.78, 5) is 24.3. The lowest BCUT2D eigenvalue weighted by atomic mass is 10.0. The van der Waals surface area contributed by atoms with Crippen LogP contribution in [0.2, 0.25) is 0 Å². The maximum atomic E-state index is 12.4. The van der Waals surface area contributed by atoms with Crippen LogP contribution in [-0.2, 0) is 4.74 Å². The number of hydrogen-bond acceptors (Lipinski definition) is 5. The van der Waals surface area contributed by atoms with Crippen LogP contribution in [0, 0.1) is 0 Å². The van der Waals surface area contributed by atoms with Gasteiger partial charge >= 0.3 is 5.97 Å². The Morgan fingerprint density at radius 3 is 2.41 bits per heavy atom. The third-order valence-corrected chi connectivity index (χ3v) is 3.23. The second kappa shape index (κ2) is 7.66. The van der Waals surface area contributed by atoms with Crippen molar-refractivity contribution in [2.75, 3.05) is 19.5 Å². The van der Waals surface area contributed by atoms with Crippen molar-refractivity contribution in [2.45, 2.75) is 0 Å². The van der Waals surface area contributed by atoms with Gasteiger partial charge in [-0.25, -0.2) is 4.79 Å². The Hall–Kier alpha value is -2.27. The van der Waals surface area contributed by atoms with Gasteiger partial charge in [-0.05, 0) is 18.2 Å². The topological polar surface area (TPSA) is 52.6 Å². The van der Waals surface area contributed by atoms with Gasteiger partial charge in [-0.2, -0.15) is 12.6 Å². The van der Waals surface area contributed by atoms with Gasteiger partial charge in [-0.3, -0.25) is 4.79 Å². The molecule has 0 fully saturated rings. The van der Waals surface area contributed by atoms with E-state index in [4.69, 9.17) is 9.47 Å². The Morgan fingerprint density at radius 2 is 1.77 bits per heavy atom. The first kappa shape index (κ1) is 16.1. The van der Waals surface area contributed by atoms with Crippen molar-refractivity contribution in [1.82, 2.24) is 0 Å². The van der Waals surface area contributed by atoms with Crippen LogP contribution in [0.5, 0.6) is 5.75 Å². The van der Waals surface area contributed by atoms with Gasteiger partial charge in [0.05, 0.1) is 7.11 Å². The highest BCUT2D eigenvalue weighted by atomic mass is 32.1. The van der Waals surface area contributed by atoms with Crippen molar-refractivity contribution in [3.63, 3.8) is 0 Å². The number of methoxy groups -OCH3 is 1. The molecule has 0 heterocycles. The zero-order valence-electron chi connectivity index (χ0n) is 12.1. The van der Waals surface area contributed by atoms with E-state index in [-0.39, 0.29) is 18.0 Å². The second-order valence-electron chi connectivity index (χ2n) is 4.47.